The van der Waals surface area contributed by atoms with E-state index in [-0.39, 0.29) is 14.9 Å². The molecular formula is C10H11Cl2NO3S. The Morgan fingerprint density at radius 3 is 2.12 bits per heavy atom. The molecule has 0 amide bonds. The molecule has 0 saturated carbocycles. The first-order valence-electron chi connectivity index (χ1n) is 5.13. The van der Waals surface area contributed by atoms with Gasteiger partial charge in [-0.25, -0.2) is 0 Å². The minimum absolute atomic E-state index is 0.0260. The molecule has 1 fully saturated rings. The van der Waals surface area contributed by atoms with Crippen LogP contribution in [0.5, 0.6) is 0 Å². The predicted molar refractivity (Wildman–Crippen MR) is 65.5 cm³/mol. The average Bonchev–Trinajstić information content (AvgIpc) is 2.68. The number of hydrogen-bond acceptors (Lipinski definition) is 4. The van der Waals surface area contributed by atoms with Crippen molar-refractivity contribution in [1.29, 1.82) is 0 Å². The highest BCUT2D eigenvalue weighted by molar-refractivity contribution is 7.86. The molecule has 2 rings (SSSR count). The molecule has 1 heterocycles. The van der Waals surface area contributed by atoms with Crippen molar-refractivity contribution in [3.8, 4) is 0 Å². The largest absolute Gasteiger partial charge is 0.313 e. The lowest BCUT2D eigenvalue weighted by Crippen LogP contribution is -2.24. The first-order valence-corrected chi connectivity index (χ1v) is 7.29. The number of hydrogen-bond donors (Lipinski definition) is 0. The van der Waals surface area contributed by atoms with Crippen molar-refractivity contribution < 1.29 is 12.7 Å². The highest BCUT2D eigenvalue weighted by Gasteiger charge is 2.23. The van der Waals surface area contributed by atoms with E-state index in [0.717, 1.165) is 12.8 Å². The standard InChI is InChI=1S/C10H11Cl2NO3S/c11-8-5-9(12)7-10(6-8)17(14,15)16-13-3-1-2-4-13/h5-7H,1-4H2. The van der Waals surface area contributed by atoms with Gasteiger partial charge in [0.25, 0.3) is 0 Å². The molecule has 7 heteroatoms. The molecule has 4 nitrogen and oxygen atoms in total. The summed E-state index contributed by atoms with van der Waals surface area (Å²) in [6, 6.07) is 4.11. The van der Waals surface area contributed by atoms with Gasteiger partial charge in [0.1, 0.15) is 0 Å². The molecule has 0 aromatic heterocycles. The Labute approximate surface area is 110 Å². The molecule has 0 spiro atoms. The lowest BCUT2D eigenvalue weighted by Gasteiger charge is -2.14. The van der Waals surface area contributed by atoms with Crippen molar-refractivity contribution in [3.05, 3.63) is 28.2 Å². The van der Waals surface area contributed by atoms with Crippen LogP contribution in [-0.4, -0.2) is 26.6 Å². The zero-order valence-electron chi connectivity index (χ0n) is 8.90. The summed E-state index contributed by atoms with van der Waals surface area (Å²) in [4.78, 5) is -0.0260. The second-order valence-corrected chi connectivity index (χ2v) is 6.17. The number of hydroxylamine groups is 2. The number of benzene rings is 1. The average molecular weight is 296 g/mol. The Balaban J connectivity index is 2.24. The number of halogens is 2. The second kappa shape index (κ2) is 5.12. The van der Waals surface area contributed by atoms with Crippen LogP contribution >= 0.6 is 23.2 Å². The third-order valence-electron chi connectivity index (χ3n) is 2.39. The summed E-state index contributed by atoms with van der Waals surface area (Å²) in [7, 11) is -3.83. The van der Waals surface area contributed by atoms with E-state index < -0.39 is 10.1 Å². The number of nitrogens with zero attached hydrogens (tertiary/aromatic N) is 1. The molecule has 17 heavy (non-hydrogen) atoms. The van der Waals surface area contributed by atoms with E-state index in [4.69, 9.17) is 27.5 Å². The smallest absolute Gasteiger partial charge is 0.192 e. The van der Waals surface area contributed by atoms with Crippen molar-refractivity contribution in [2.75, 3.05) is 13.1 Å². The molecule has 1 aliphatic heterocycles. The summed E-state index contributed by atoms with van der Waals surface area (Å²) in [5.74, 6) is 0. The van der Waals surface area contributed by atoms with Crippen molar-refractivity contribution in [2.45, 2.75) is 17.7 Å². The molecule has 0 atom stereocenters. The van der Waals surface area contributed by atoms with Crippen LogP contribution in [0.25, 0.3) is 0 Å². The van der Waals surface area contributed by atoms with E-state index in [1.807, 2.05) is 0 Å². The second-order valence-electron chi connectivity index (χ2n) is 3.77. The van der Waals surface area contributed by atoms with E-state index in [0.29, 0.717) is 13.1 Å². The van der Waals surface area contributed by atoms with Crippen LogP contribution < -0.4 is 0 Å². The fourth-order valence-electron chi connectivity index (χ4n) is 1.62. The molecule has 0 bridgehead atoms. The van der Waals surface area contributed by atoms with Gasteiger partial charge in [-0.1, -0.05) is 23.2 Å². The van der Waals surface area contributed by atoms with Gasteiger partial charge in [0.05, 0.1) is 4.90 Å². The molecular weight excluding hydrogens is 285 g/mol. The van der Waals surface area contributed by atoms with Gasteiger partial charge in [-0.2, -0.15) is 17.8 Å². The molecule has 1 saturated heterocycles. The normalized spacial score (nSPS) is 17.5. The maximum atomic E-state index is 11.9. The van der Waals surface area contributed by atoms with Crippen LogP contribution in [0.15, 0.2) is 23.1 Å². The monoisotopic (exact) mass is 295 g/mol. The molecule has 0 N–H and O–H groups in total. The molecule has 1 aliphatic rings. The minimum atomic E-state index is -3.83. The van der Waals surface area contributed by atoms with Crippen molar-refractivity contribution in [2.24, 2.45) is 0 Å². The Kier molecular flexibility index (Phi) is 3.95. The van der Waals surface area contributed by atoms with Crippen LogP contribution in [0.1, 0.15) is 12.8 Å². The highest BCUT2D eigenvalue weighted by atomic mass is 35.5. The van der Waals surface area contributed by atoms with Gasteiger partial charge in [0.15, 0.2) is 0 Å². The van der Waals surface area contributed by atoms with Gasteiger partial charge in [0, 0.05) is 23.1 Å². The van der Waals surface area contributed by atoms with Gasteiger partial charge in [0.2, 0.25) is 0 Å². The lowest BCUT2D eigenvalue weighted by molar-refractivity contribution is -0.0270. The van der Waals surface area contributed by atoms with E-state index in [1.165, 1.54) is 23.3 Å². The molecule has 0 aliphatic carbocycles. The van der Waals surface area contributed by atoms with Crippen molar-refractivity contribution >= 4 is 33.3 Å². The van der Waals surface area contributed by atoms with E-state index >= 15 is 0 Å². The maximum Gasteiger partial charge on any atom is 0.313 e. The summed E-state index contributed by atoms with van der Waals surface area (Å²) >= 11 is 11.5. The first-order chi connectivity index (χ1) is 7.97. The Morgan fingerprint density at radius 1 is 1.06 bits per heavy atom. The van der Waals surface area contributed by atoms with E-state index in [1.54, 1.807) is 0 Å². The highest BCUT2D eigenvalue weighted by Crippen LogP contribution is 2.24. The molecule has 1 aromatic carbocycles. The zero-order chi connectivity index (χ0) is 12.5. The fraction of sp³-hybridized carbons (Fsp3) is 0.400. The van der Waals surface area contributed by atoms with Gasteiger partial charge in [-0.3, -0.25) is 0 Å². The molecule has 94 valence electrons. The van der Waals surface area contributed by atoms with Gasteiger partial charge >= 0.3 is 10.1 Å². The molecule has 0 radical (unpaired) electrons. The summed E-state index contributed by atoms with van der Waals surface area (Å²) in [5.41, 5.74) is 0. The van der Waals surface area contributed by atoms with Crippen molar-refractivity contribution in [1.82, 2.24) is 5.06 Å². The van der Waals surface area contributed by atoms with Crippen LogP contribution in [0.2, 0.25) is 10.0 Å². The zero-order valence-corrected chi connectivity index (χ0v) is 11.2. The predicted octanol–water partition coefficient (Wildman–Crippen LogP) is 2.71. The van der Waals surface area contributed by atoms with Gasteiger partial charge in [-0.05, 0) is 31.0 Å². The SMILES string of the molecule is O=S(=O)(ON1CCCC1)c1cc(Cl)cc(Cl)c1. The third-order valence-corrected chi connectivity index (χ3v) is 4.05. The van der Waals surface area contributed by atoms with Gasteiger partial charge < -0.3 is 0 Å². The van der Waals surface area contributed by atoms with Gasteiger partial charge in [-0.15, -0.1) is 0 Å². The number of rotatable bonds is 3. The summed E-state index contributed by atoms with van der Waals surface area (Å²) in [6.45, 7) is 1.24. The van der Waals surface area contributed by atoms with E-state index in [2.05, 4.69) is 0 Å². The van der Waals surface area contributed by atoms with Crippen molar-refractivity contribution in [3.63, 3.8) is 0 Å². The van der Waals surface area contributed by atoms with Crippen LogP contribution in [0.4, 0.5) is 0 Å². The fourth-order valence-corrected chi connectivity index (χ4v) is 3.33. The van der Waals surface area contributed by atoms with Crippen LogP contribution in [0.3, 0.4) is 0 Å². The maximum absolute atomic E-state index is 11.9. The summed E-state index contributed by atoms with van der Waals surface area (Å²) in [6.07, 6.45) is 1.87. The summed E-state index contributed by atoms with van der Waals surface area (Å²) < 4.78 is 28.8. The first kappa shape index (κ1) is 13.1. The Morgan fingerprint density at radius 2 is 1.59 bits per heavy atom. The lowest BCUT2D eigenvalue weighted by atomic mass is 10.4. The topological polar surface area (TPSA) is 46.6 Å². The summed E-state index contributed by atoms with van der Waals surface area (Å²) in [5, 5.41) is 1.96. The molecule has 0 unspecified atom stereocenters. The quantitative estimate of drug-likeness (QED) is 0.860. The Bertz CT molecular complexity index is 492. The van der Waals surface area contributed by atoms with Crippen LogP contribution in [0, 0.1) is 0 Å². The third kappa shape index (κ3) is 3.33. The Hall–Kier alpha value is -0.330. The molecule has 1 aromatic rings. The minimum Gasteiger partial charge on any atom is -0.192 e. The van der Waals surface area contributed by atoms with Crippen LogP contribution in [-0.2, 0) is 14.4 Å². The van der Waals surface area contributed by atoms with E-state index in [9.17, 15) is 8.42 Å².